The third-order valence-electron chi connectivity index (χ3n) is 5.28. The first-order valence-electron chi connectivity index (χ1n) is 10.6. The van der Waals surface area contributed by atoms with E-state index in [1.54, 1.807) is 12.3 Å². The summed E-state index contributed by atoms with van der Waals surface area (Å²) in [6.07, 6.45) is 5.09. The van der Waals surface area contributed by atoms with Crippen LogP contribution in [0.15, 0.2) is 41.1 Å². The van der Waals surface area contributed by atoms with Gasteiger partial charge in [-0.1, -0.05) is 0 Å². The molecule has 0 bridgehead atoms. The first-order valence-corrected chi connectivity index (χ1v) is 12.5. The predicted molar refractivity (Wildman–Crippen MR) is 117 cm³/mol. The van der Waals surface area contributed by atoms with Gasteiger partial charge in [-0.05, 0) is 49.1 Å². The van der Waals surface area contributed by atoms with Crippen molar-refractivity contribution in [3.63, 3.8) is 0 Å². The molecule has 1 saturated heterocycles. The van der Waals surface area contributed by atoms with Gasteiger partial charge in [0.1, 0.15) is 17.3 Å². The molecule has 2 aromatic rings. The number of Topliss-reactive ketones (excluding diaryl/α,β-unsaturated/α-hetero) is 1. The summed E-state index contributed by atoms with van der Waals surface area (Å²) in [5, 5.41) is 12.0. The van der Waals surface area contributed by atoms with E-state index in [9.17, 15) is 23.1 Å². The van der Waals surface area contributed by atoms with Crippen LogP contribution in [0.1, 0.15) is 36.3 Å². The van der Waals surface area contributed by atoms with Crippen LogP contribution < -0.4 is 5.32 Å². The molecule has 1 aliphatic heterocycles. The van der Waals surface area contributed by atoms with Crippen LogP contribution in [0.25, 0.3) is 0 Å². The van der Waals surface area contributed by atoms with Crippen molar-refractivity contribution in [3.05, 3.63) is 53.7 Å². The monoisotopic (exact) mass is 463 g/mol. The van der Waals surface area contributed by atoms with Crippen molar-refractivity contribution in [2.45, 2.75) is 44.1 Å². The number of aryl methyl sites for hydroxylation is 1. The second-order valence-electron chi connectivity index (χ2n) is 8.09. The third kappa shape index (κ3) is 8.18. The van der Waals surface area contributed by atoms with Crippen molar-refractivity contribution in [1.29, 1.82) is 0 Å². The van der Waals surface area contributed by atoms with Crippen LogP contribution in [0.5, 0.6) is 0 Å². The molecule has 10 heteroatoms. The summed E-state index contributed by atoms with van der Waals surface area (Å²) in [6, 6.07) is 7.02. The standard InChI is InChI=1S/C22H29N3O6S/c26-19-6-9-25(10-7-19)14-17-5-8-23-18(12-17)3-4-20(27)13-24-22(28)16-32(29,30)15-21-2-1-11-31-21/h1-2,5,8,11-12,19,26H,3-4,6-7,9-10,13-16H2,(H,24,28). The molecule has 0 unspecified atom stereocenters. The molecule has 9 nitrogen and oxygen atoms in total. The number of nitrogens with one attached hydrogen (secondary N) is 1. The lowest BCUT2D eigenvalue weighted by Crippen LogP contribution is -2.35. The van der Waals surface area contributed by atoms with Gasteiger partial charge in [-0.3, -0.25) is 19.5 Å². The molecular weight excluding hydrogens is 434 g/mol. The number of ketones is 1. The number of amides is 1. The number of nitrogens with zero attached hydrogens (tertiary/aromatic N) is 2. The fourth-order valence-electron chi connectivity index (χ4n) is 3.57. The lowest BCUT2D eigenvalue weighted by atomic mass is 10.1. The number of carbonyl (C=O) groups is 2. The minimum atomic E-state index is -3.67. The Morgan fingerprint density at radius 3 is 2.75 bits per heavy atom. The Balaban J connectivity index is 1.38. The average Bonchev–Trinajstić information content (AvgIpc) is 3.24. The number of aromatic nitrogens is 1. The van der Waals surface area contributed by atoms with E-state index >= 15 is 0 Å². The van der Waals surface area contributed by atoms with E-state index < -0.39 is 21.5 Å². The lowest BCUT2D eigenvalue weighted by molar-refractivity contribution is -0.123. The molecule has 0 atom stereocenters. The number of aliphatic hydroxyl groups excluding tert-OH is 1. The van der Waals surface area contributed by atoms with Crippen molar-refractivity contribution >= 4 is 21.5 Å². The highest BCUT2D eigenvalue weighted by Crippen LogP contribution is 2.14. The van der Waals surface area contributed by atoms with E-state index in [-0.39, 0.29) is 36.4 Å². The fourth-order valence-corrected chi connectivity index (χ4v) is 4.77. The molecule has 1 aliphatic rings. The highest BCUT2D eigenvalue weighted by molar-refractivity contribution is 7.91. The Hall–Kier alpha value is -2.56. The summed E-state index contributed by atoms with van der Waals surface area (Å²) in [5.74, 6) is -1.70. The number of carbonyl (C=O) groups excluding carboxylic acids is 2. The summed E-state index contributed by atoms with van der Waals surface area (Å²) in [6.45, 7) is 2.27. The van der Waals surface area contributed by atoms with Crippen molar-refractivity contribution in [2.24, 2.45) is 0 Å². The van der Waals surface area contributed by atoms with E-state index in [2.05, 4.69) is 15.2 Å². The minimum Gasteiger partial charge on any atom is -0.468 e. The molecule has 32 heavy (non-hydrogen) atoms. The number of hydrogen-bond acceptors (Lipinski definition) is 8. The van der Waals surface area contributed by atoms with Gasteiger partial charge in [-0.15, -0.1) is 0 Å². The molecule has 0 aliphatic carbocycles. The Kier molecular flexibility index (Phi) is 8.54. The molecule has 0 radical (unpaired) electrons. The first-order chi connectivity index (χ1) is 15.3. The van der Waals surface area contributed by atoms with E-state index in [1.165, 1.54) is 12.3 Å². The second kappa shape index (κ2) is 11.3. The number of likely N-dealkylation sites (tertiary alicyclic amines) is 1. The second-order valence-corrected chi connectivity index (χ2v) is 10.2. The highest BCUT2D eigenvalue weighted by atomic mass is 32.2. The zero-order valence-corrected chi connectivity index (χ0v) is 18.7. The first kappa shape index (κ1) is 24.1. The lowest BCUT2D eigenvalue weighted by Gasteiger charge is -2.29. The molecule has 2 N–H and O–H groups in total. The van der Waals surface area contributed by atoms with Crippen LogP contribution in [0.2, 0.25) is 0 Å². The van der Waals surface area contributed by atoms with Gasteiger partial charge in [0.15, 0.2) is 15.6 Å². The number of pyridine rings is 1. The number of piperidine rings is 1. The molecule has 0 spiro atoms. The van der Waals surface area contributed by atoms with Gasteiger partial charge in [0.05, 0.1) is 18.9 Å². The molecule has 1 amide bonds. The number of aliphatic hydroxyl groups is 1. The van der Waals surface area contributed by atoms with Crippen molar-refractivity contribution in [1.82, 2.24) is 15.2 Å². The summed E-state index contributed by atoms with van der Waals surface area (Å²) >= 11 is 0. The number of furan rings is 1. The number of sulfone groups is 1. The molecule has 3 heterocycles. The summed E-state index contributed by atoms with van der Waals surface area (Å²) in [7, 11) is -3.67. The van der Waals surface area contributed by atoms with Crippen LogP contribution in [-0.4, -0.2) is 66.6 Å². The molecule has 1 fully saturated rings. The maximum Gasteiger partial charge on any atom is 0.235 e. The Bertz CT molecular complexity index is 998. The topological polar surface area (TPSA) is 130 Å². The van der Waals surface area contributed by atoms with E-state index in [0.717, 1.165) is 43.7 Å². The molecule has 3 rings (SSSR count). The van der Waals surface area contributed by atoms with Crippen LogP contribution in [0.3, 0.4) is 0 Å². The van der Waals surface area contributed by atoms with Crippen LogP contribution >= 0.6 is 0 Å². The maximum atomic E-state index is 12.1. The summed E-state index contributed by atoms with van der Waals surface area (Å²) in [4.78, 5) is 30.6. The van der Waals surface area contributed by atoms with Gasteiger partial charge in [-0.25, -0.2) is 8.42 Å². The van der Waals surface area contributed by atoms with Gasteiger partial charge in [0, 0.05) is 37.9 Å². The van der Waals surface area contributed by atoms with Gasteiger partial charge >= 0.3 is 0 Å². The zero-order valence-electron chi connectivity index (χ0n) is 17.9. The van der Waals surface area contributed by atoms with Crippen molar-refractivity contribution in [2.75, 3.05) is 25.4 Å². The molecule has 0 aromatic carbocycles. The van der Waals surface area contributed by atoms with Crippen molar-refractivity contribution < 1.29 is 27.5 Å². The van der Waals surface area contributed by atoms with E-state index in [4.69, 9.17) is 4.42 Å². The summed E-state index contributed by atoms with van der Waals surface area (Å²) < 4.78 is 29.0. The fraction of sp³-hybridized carbons (Fsp3) is 0.500. The predicted octanol–water partition coefficient (Wildman–Crippen LogP) is 0.864. The Morgan fingerprint density at radius 2 is 2.03 bits per heavy atom. The van der Waals surface area contributed by atoms with E-state index in [1.807, 2.05) is 12.1 Å². The molecular formula is C22H29N3O6S. The molecule has 2 aromatic heterocycles. The quantitative estimate of drug-likeness (QED) is 0.502. The summed E-state index contributed by atoms with van der Waals surface area (Å²) in [5.41, 5.74) is 1.90. The van der Waals surface area contributed by atoms with Gasteiger partial charge in [-0.2, -0.15) is 0 Å². The maximum absolute atomic E-state index is 12.1. The smallest absolute Gasteiger partial charge is 0.235 e. The normalized spacial score (nSPS) is 15.5. The van der Waals surface area contributed by atoms with Crippen LogP contribution in [-0.2, 0) is 38.1 Å². The Labute approximate surface area is 187 Å². The highest BCUT2D eigenvalue weighted by Gasteiger charge is 2.20. The molecule has 174 valence electrons. The van der Waals surface area contributed by atoms with Gasteiger partial charge < -0.3 is 14.8 Å². The van der Waals surface area contributed by atoms with Gasteiger partial charge in [0.2, 0.25) is 5.91 Å². The Morgan fingerprint density at radius 1 is 1.25 bits per heavy atom. The molecule has 0 saturated carbocycles. The number of hydrogen-bond donors (Lipinski definition) is 2. The zero-order chi connectivity index (χ0) is 23.0. The van der Waals surface area contributed by atoms with Crippen LogP contribution in [0, 0.1) is 0 Å². The minimum absolute atomic E-state index is 0.195. The third-order valence-corrected chi connectivity index (χ3v) is 6.71. The van der Waals surface area contributed by atoms with E-state index in [0.29, 0.717) is 6.42 Å². The van der Waals surface area contributed by atoms with Crippen molar-refractivity contribution in [3.8, 4) is 0 Å². The average molecular weight is 464 g/mol. The largest absolute Gasteiger partial charge is 0.468 e. The van der Waals surface area contributed by atoms with Gasteiger partial charge in [0.25, 0.3) is 0 Å². The van der Waals surface area contributed by atoms with Crippen LogP contribution in [0.4, 0.5) is 0 Å². The SMILES string of the molecule is O=C(CCc1cc(CN2CCC(O)CC2)ccn1)CNC(=O)CS(=O)(=O)Cc1ccco1. The number of rotatable bonds is 11.